The fraction of sp³-hybridized carbons (Fsp3) is 0.294. The van der Waals surface area contributed by atoms with Crippen molar-refractivity contribution in [2.45, 2.75) is 31.3 Å². The van der Waals surface area contributed by atoms with Crippen molar-refractivity contribution in [1.29, 1.82) is 5.26 Å². The standard InChI is InChI=1S/C34H34N6O5S/c1-5-45-31-10-6-23(2)18-29(31)34(39-16-14-38(15-17-39)26-12-13-36-24(3)19-26)28-20-25(21-35)7-9-30(28)40(33(34)41)46(42,43)32-11-8-27(44-4)22-37-32/h6-13,18-20,22H,5,14-17H2,1-4H3. The molecular weight excluding hydrogens is 604 g/mol. The van der Waals surface area contributed by atoms with E-state index in [9.17, 15) is 13.7 Å². The van der Waals surface area contributed by atoms with Crippen LogP contribution in [0.5, 0.6) is 11.5 Å². The Labute approximate surface area is 268 Å². The number of carbonyl (C=O) groups is 1. The number of fused-ring (bicyclic) bond motifs is 1. The van der Waals surface area contributed by atoms with Crippen LogP contribution in [0.2, 0.25) is 0 Å². The Morgan fingerprint density at radius 2 is 1.74 bits per heavy atom. The number of aromatic nitrogens is 2. The van der Waals surface area contributed by atoms with Crippen molar-refractivity contribution in [2.24, 2.45) is 0 Å². The summed E-state index contributed by atoms with van der Waals surface area (Å²) in [5.41, 5.74) is 2.54. The summed E-state index contributed by atoms with van der Waals surface area (Å²) >= 11 is 0. The number of aryl methyl sites for hydroxylation is 2. The van der Waals surface area contributed by atoms with Gasteiger partial charge in [-0.1, -0.05) is 11.6 Å². The van der Waals surface area contributed by atoms with Crippen molar-refractivity contribution in [3.63, 3.8) is 0 Å². The molecule has 0 aliphatic carbocycles. The van der Waals surface area contributed by atoms with Crippen molar-refractivity contribution >= 4 is 27.3 Å². The Hall–Kier alpha value is -4.99. The Bertz CT molecular complexity index is 1950. The molecule has 1 amide bonds. The van der Waals surface area contributed by atoms with Crippen LogP contribution in [0.3, 0.4) is 0 Å². The van der Waals surface area contributed by atoms with Crippen molar-refractivity contribution in [1.82, 2.24) is 14.9 Å². The third kappa shape index (κ3) is 5.02. The second-order valence-corrected chi connectivity index (χ2v) is 13.0. The largest absolute Gasteiger partial charge is 0.495 e. The van der Waals surface area contributed by atoms with Gasteiger partial charge in [0.1, 0.15) is 11.5 Å². The monoisotopic (exact) mass is 638 g/mol. The van der Waals surface area contributed by atoms with E-state index in [1.165, 1.54) is 37.6 Å². The average molecular weight is 639 g/mol. The first kappa shape index (κ1) is 31.0. The van der Waals surface area contributed by atoms with Crippen LogP contribution in [0.4, 0.5) is 11.4 Å². The van der Waals surface area contributed by atoms with Crippen molar-refractivity contribution in [2.75, 3.05) is 49.1 Å². The van der Waals surface area contributed by atoms with Crippen LogP contribution < -0.4 is 18.7 Å². The third-order valence-electron chi connectivity index (χ3n) is 8.50. The number of rotatable bonds is 8. The summed E-state index contributed by atoms with van der Waals surface area (Å²) in [6, 6.07) is 19.2. The molecule has 4 heterocycles. The van der Waals surface area contributed by atoms with Gasteiger partial charge in [-0.25, -0.2) is 4.98 Å². The molecule has 0 bridgehead atoms. The molecule has 2 aromatic heterocycles. The van der Waals surface area contributed by atoms with Gasteiger partial charge in [0.15, 0.2) is 10.6 Å². The van der Waals surface area contributed by atoms with E-state index in [1.54, 1.807) is 12.3 Å². The number of benzene rings is 2. The molecule has 4 aromatic rings. The molecule has 1 fully saturated rings. The zero-order chi connectivity index (χ0) is 32.6. The predicted molar refractivity (Wildman–Crippen MR) is 173 cm³/mol. The Morgan fingerprint density at radius 1 is 0.957 bits per heavy atom. The summed E-state index contributed by atoms with van der Waals surface area (Å²) < 4.78 is 40.9. The van der Waals surface area contributed by atoms with Gasteiger partial charge in [-0.3, -0.25) is 14.7 Å². The SMILES string of the molecule is CCOc1ccc(C)cc1C1(N2CCN(c3ccnc(C)c3)CC2)C(=O)N(S(=O)(=O)c2ccc(OC)cn2)c2ccc(C#N)cc21. The van der Waals surface area contributed by atoms with Crippen molar-refractivity contribution in [3.8, 4) is 17.6 Å². The van der Waals surface area contributed by atoms with Crippen LogP contribution in [0.15, 0.2) is 78.1 Å². The van der Waals surface area contributed by atoms with E-state index in [4.69, 9.17) is 9.47 Å². The fourth-order valence-electron chi connectivity index (χ4n) is 6.39. The van der Waals surface area contributed by atoms with Crippen molar-refractivity contribution < 1.29 is 22.7 Å². The smallest absolute Gasteiger partial charge is 0.288 e. The van der Waals surface area contributed by atoms with Gasteiger partial charge in [0, 0.05) is 54.9 Å². The van der Waals surface area contributed by atoms with Gasteiger partial charge in [0.05, 0.1) is 37.2 Å². The predicted octanol–water partition coefficient (Wildman–Crippen LogP) is 4.17. The number of pyridine rings is 2. The number of nitrogens with zero attached hydrogens (tertiary/aromatic N) is 6. The van der Waals surface area contributed by atoms with E-state index < -0.39 is 21.5 Å². The Kier molecular flexibility index (Phi) is 8.14. The second kappa shape index (κ2) is 12.1. The molecule has 0 radical (unpaired) electrons. The first-order chi connectivity index (χ1) is 22.1. The van der Waals surface area contributed by atoms with E-state index in [0.29, 0.717) is 61.0 Å². The molecule has 1 saturated heterocycles. The number of methoxy groups -OCH3 is 1. The molecule has 2 aromatic carbocycles. The summed E-state index contributed by atoms with van der Waals surface area (Å²) in [6.45, 7) is 8.00. The molecular formula is C34H34N6O5S. The van der Waals surface area contributed by atoms with E-state index in [0.717, 1.165) is 21.2 Å². The van der Waals surface area contributed by atoms with Gasteiger partial charge in [0.2, 0.25) is 0 Å². The highest BCUT2D eigenvalue weighted by Gasteiger charge is 2.61. The lowest BCUT2D eigenvalue weighted by atomic mass is 9.80. The number of piperazine rings is 1. The molecule has 0 N–H and O–H groups in total. The molecule has 11 nitrogen and oxygen atoms in total. The Morgan fingerprint density at radius 3 is 2.39 bits per heavy atom. The average Bonchev–Trinajstić information content (AvgIpc) is 3.34. The van der Waals surface area contributed by atoms with E-state index in [2.05, 4.69) is 20.9 Å². The van der Waals surface area contributed by atoms with Crippen LogP contribution in [0.25, 0.3) is 0 Å². The molecule has 1 atom stereocenters. The summed E-state index contributed by atoms with van der Waals surface area (Å²) in [4.78, 5) is 28.0. The zero-order valence-electron chi connectivity index (χ0n) is 26.1. The lowest BCUT2D eigenvalue weighted by Gasteiger charge is -2.46. The van der Waals surface area contributed by atoms with Crippen LogP contribution in [-0.2, 0) is 20.4 Å². The van der Waals surface area contributed by atoms with Gasteiger partial charge in [-0.15, -0.1) is 0 Å². The van der Waals surface area contributed by atoms with Gasteiger partial charge < -0.3 is 14.4 Å². The summed E-state index contributed by atoms with van der Waals surface area (Å²) in [5.74, 6) is 0.155. The molecule has 1 unspecified atom stereocenters. The summed E-state index contributed by atoms with van der Waals surface area (Å²) in [7, 11) is -3.05. The van der Waals surface area contributed by atoms with E-state index in [1.807, 2.05) is 56.0 Å². The van der Waals surface area contributed by atoms with Crippen LogP contribution >= 0.6 is 0 Å². The zero-order valence-corrected chi connectivity index (χ0v) is 26.9. The summed E-state index contributed by atoms with van der Waals surface area (Å²) in [6.07, 6.45) is 3.07. The first-order valence-electron chi connectivity index (χ1n) is 15.0. The topological polar surface area (TPSA) is 129 Å². The van der Waals surface area contributed by atoms with Gasteiger partial charge in [-0.05, 0) is 75.4 Å². The number of amides is 1. The normalized spacial score (nSPS) is 18.3. The number of anilines is 2. The van der Waals surface area contributed by atoms with E-state index >= 15 is 4.79 Å². The molecule has 236 valence electrons. The highest BCUT2D eigenvalue weighted by molar-refractivity contribution is 7.93. The maximum atomic E-state index is 15.3. The Balaban J connectivity index is 1.57. The van der Waals surface area contributed by atoms with E-state index in [-0.39, 0.29) is 10.7 Å². The third-order valence-corrected chi connectivity index (χ3v) is 10.1. The quantitative estimate of drug-likeness (QED) is 0.277. The molecule has 2 aliphatic heterocycles. The summed E-state index contributed by atoms with van der Waals surface area (Å²) in [5, 5.41) is 9.66. The van der Waals surface area contributed by atoms with Crippen molar-refractivity contribution in [3.05, 3.63) is 101 Å². The lowest BCUT2D eigenvalue weighted by molar-refractivity contribution is -0.127. The van der Waals surface area contributed by atoms with Gasteiger partial charge >= 0.3 is 0 Å². The number of sulfonamides is 1. The lowest BCUT2D eigenvalue weighted by Crippen LogP contribution is -2.60. The van der Waals surface area contributed by atoms with Crippen LogP contribution in [-0.4, -0.2) is 69.1 Å². The van der Waals surface area contributed by atoms with Crippen LogP contribution in [0, 0.1) is 25.2 Å². The molecule has 0 spiro atoms. The number of carbonyl (C=O) groups excluding carboxylic acids is 1. The number of nitriles is 1. The maximum Gasteiger partial charge on any atom is 0.288 e. The highest BCUT2D eigenvalue weighted by Crippen LogP contribution is 2.53. The minimum atomic E-state index is -4.51. The maximum absolute atomic E-state index is 15.3. The van der Waals surface area contributed by atoms with Gasteiger partial charge in [0.25, 0.3) is 15.9 Å². The molecule has 2 aliphatic rings. The highest BCUT2D eigenvalue weighted by atomic mass is 32.2. The number of ether oxygens (including phenoxy) is 2. The molecule has 46 heavy (non-hydrogen) atoms. The fourth-order valence-corrected chi connectivity index (χ4v) is 7.77. The number of hydrogen-bond donors (Lipinski definition) is 0. The second-order valence-electron chi connectivity index (χ2n) is 11.2. The molecule has 6 rings (SSSR count). The number of hydrogen-bond acceptors (Lipinski definition) is 10. The molecule has 0 saturated carbocycles. The minimum absolute atomic E-state index is 0.165. The van der Waals surface area contributed by atoms with Gasteiger partial charge in [-0.2, -0.15) is 18.0 Å². The minimum Gasteiger partial charge on any atom is -0.495 e. The first-order valence-corrected chi connectivity index (χ1v) is 16.4. The van der Waals surface area contributed by atoms with Crippen LogP contribution in [0.1, 0.15) is 34.9 Å². The molecule has 12 heteroatoms.